The molecule has 10 heteroatoms. The van der Waals surface area contributed by atoms with E-state index < -0.39 is 11.1 Å². The molecule has 0 aliphatic carbocycles. The lowest BCUT2D eigenvalue weighted by atomic mass is 10.3. The minimum Gasteiger partial charge on any atom is -0.324 e. The van der Waals surface area contributed by atoms with Gasteiger partial charge in [0.1, 0.15) is 23.0 Å². The van der Waals surface area contributed by atoms with Gasteiger partial charge in [-0.15, -0.1) is 0 Å². The van der Waals surface area contributed by atoms with Gasteiger partial charge in [-0.25, -0.2) is 23.4 Å². The van der Waals surface area contributed by atoms with Crippen molar-refractivity contribution in [2.75, 3.05) is 5.32 Å². The fourth-order valence-corrected chi connectivity index (χ4v) is 3.83. The molecule has 6 nitrogen and oxygen atoms in total. The van der Waals surface area contributed by atoms with Gasteiger partial charge in [-0.05, 0) is 49.4 Å². The predicted molar refractivity (Wildman–Crippen MR) is 112 cm³/mol. The topological polar surface area (TPSA) is 72.7 Å². The molecule has 0 bridgehead atoms. The van der Waals surface area contributed by atoms with Crippen LogP contribution in [0.5, 0.6) is 0 Å². The van der Waals surface area contributed by atoms with E-state index in [1.165, 1.54) is 42.4 Å². The van der Waals surface area contributed by atoms with Crippen molar-refractivity contribution in [2.24, 2.45) is 0 Å². The maximum Gasteiger partial charge on any atom is 0.237 e. The molecule has 2 heterocycles. The van der Waals surface area contributed by atoms with Gasteiger partial charge in [-0.1, -0.05) is 23.4 Å². The van der Waals surface area contributed by atoms with Gasteiger partial charge in [0, 0.05) is 0 Å². The van der Waals surface area contributed by atoms with E-state index in [1.54, 1.807) is 29.9 Å². The first kappa shape index (κ1) is 20.2. The summed E-state index contributed by atoms with van der Waals surface area (Å²) >= 11 is 7.20. The molecule has 30 heavy (non-hydrogen) atoms. The predicted octanol–water partition coefficient (Wildman–Crippen LogP) is 4.87. The van der Waals surface area contributed by atoms with Crippen molar-refractivity contribution in [1.29, 1.82) is 0 Å². The zero-order chi connectivity index (χ0) is 21.3. The smallest absolute Gasteiger partial charge is 0.237 e. The van der Waals surface area contributed by atoms with Gasteiger partial charge >= 0.3 is 0 Å². The van der Waals surface area contributed by atoms with Gasteiger partial charge in [-0.2, -0.15) is 5.10 Å². The number of halogens is 3. The Bertz CT molecular complexity index is 1230. The lowest BCUT2D eigenvalue weighted by Gasteiger charge is -2.13. The zero-order valence-corrected chi connectivity index (χ0v) is 17.1. The van der Waals surface area contributed by atoms with Crippen molar-refractivity contribution in [1.82, 2.24) is 19.7 Å². The zero-order valence-electron chi connectivity index (χ0n) is 15.5. The van der Waals surface area contributed by atoms with Crippen LogP contribution in [0, 0.1) is 11.6 Å². The fraction of sp³-hybridized carbons (Fsp3) is 0.100. The monoisotopic (exact) mass is 445 g/mol. The molecule has 152 valence electrons. The van der Waals surface area contributed by atoms with Crippen LogP contribution >= 0.6 is 23.4 Å². The van der Waals surface area contributed by atoms with Crippen molar-refractivity contribution in [3.63, 3.8) is 0 Å². The molecule has 0 aliphatic rings. The molecule has 2 aromatic carbocycles. The van der Waals surface area contributed by atoms with Crippen molar-refractivity contribution in [3.8, 4) is 5.69 Å². The summed E-state index contributed by atoms with van der Waals surface area (Å²) in [6.07, 6.45) is 2.98. The number of amides is 1. The number of benzene rings is 2. The number of nitrogens with zero attached hydrogens (tertiary/aromatic N) is 4. The van der Waals surface area contributed by atoms with Crippen LogP contribution in [0.3, 0.4) is 0 Å². The number of nitrogens with one attached hydrogen (secondary N) is 1. The molecule has 0 saturated carbocycles. The fourth-order valence-electron chi connectivity index (χ4n) is 2.73. The highest BCUT2D eigenvalue weighted by Gasteiger charge is 2.20. The summed E-state index contributed by atoms with van der Waals surface area (Å²) < 4.78 is 28.0. The first-order valence-electron chi connectivity index (χ1n) is 8.79. The summed E-state index contributed by atoms with van der Waals surface area (Å²) in [6, 6.07) is 9.63. The standard InChI is InChI=1S/C20H14ClF2N5OS/c1-11(19(29)27-17-7-4-13(23)8-16(17)21)30-20-15-9-26-28(18(15)24-10-25-20)14-5-2-12(22)3-6-14/h2-11H,1H3,(H,27,29). The summed E-state index contributed by atoms with van der Waals surface area (Å²) in [4.78, 5) is 21.1. The highest BCUT2D eigenvalue weighted by molar-refractivity contribution is 8.00. The van der Waals surface area contributed by atoms with Gasteiger partial charge in [0.2, 0.25) is 5.91 Å². The van der Waals surface area contributed by atoms with Crippen molar-refractivity contribution >= 4 is 46.0 Å². The number of hydrogen-bond acceptors (Lipinski definition) is 5. The number of anilines is 1. The molecule has 0 spiro atoms. The summed E-state index contributed by atoms with van der Waals surface area (Å²) in [5, 5.41) is 7.82. The molecule has 4 rings (SSSR count). The van der Waals surface area contributed by atoms with Crippen molar-refractivity contribution < 1.29 is 13.6 Å². The molecule has 0 saturated heterocycles. The van der Waals surface area contributed by atoms with E-state index in [2.05, 4.69) is 20.4 Å². The number of rotatable bonds is 5. The van der Waals surface area contributed by atoms with Crippen LogP contribution in [-0.4, -0.2) is 30.9 Å². The van der Waals surface area contributed by atoms with E-state index in [0.29, 0.717) is 27.4 Å². The third kappa shape index (κ3) is 4.12. The Morgan fingerprint density at radius 1 is 1.13 bits per heavy atom. The molecule has 1 atom stereocenters. The second-order valence-corrected chi connectivity index (χ2v) is 8.06. The highest BCUT2D eigenvalue weighted by atomic mass is 35.5. The Hall–Kier alpha value is -3.04. The van der Waals surface area contributed by atoms with E-state index in [0.717, 1.165) is 6.07 Å². The van der Waals surface area contributed by atoms with Crippen LogP contribution in [0.15, 0.2) is 60.0 Å². The van der Waals surface area contributed by atoms with Crippen LogP contribution in [0.2, 0.25) is 5.02 Å². The van der Waals surface area contributed by atoms with Gasteiger partial charge in [0.25, 0.3) is 0 Å². The van der Waals surface area contributed by atoms with Crippen molar-refractivity contribution in [3.05, 3.63) is 71.6 Å². The average molecular weight is 446 g/mol. The third-order valence-electron chi connectivity index (χ3n) is 4.25. The maximum atomic E-state index is 13.2. The number of aromatic nitrogens is 4. The number of carbonyl (C=O) groups excluding carboxylic acids is 1. The van der Waals surface area contributed by atoms with Crippen molar-refractivity contribution in [2.45, 2.75) is 17.2 Å². The van der Waals surface area contributed by atoms with Gasteiger partial charge in [0.05, 0.1) is 33.2 Å². The van der Waals surface area contributed by atoms with Gasteiger partial charge in [-0.3, -0.25) is 4.79 Å². The van der Waals surface area contributed by atoms with Crippen LogP contribution in [0.1, 0.15) is 6.92 Å². The van der Waals surface area contributed by atoms with E-state index in [9.17, 15) is 13.6 Å². The summed E-state index contributed by atoms with van der Waals surface area (Å²) in [7, 11) is 0. The van der Waals surface area contributed by atoms with Crippen LogP contribution in [-0.2, 0) is 4.79 Å². The minimum atomic E-state index is -0.529. The van der Waals surface area contributed by atoms with E-state index in [4.69, 9.17) is 11.6 Å². The lowest BCUT2D eigenvalue weighted by Crippen LogP contribution is -2.22. The summed E-state index contributed by atoms with van der Waals surface area (Å²) in [6.45, 7) is 1.72. The normalized spacial score (nSPS) is 12.1. The van der Waals surface area contributed by atoms with Crippen LogP contribution in [0.4, 0.5) is 14.5 Å². The Labute approximate surface area is 179 Å². The largest absolute Gasteiger partial charge is 0.324 e. The Morgan fingerprint density at radius 2 is 1.87 bits per heavy atom. The van der Waals surface area contributed by atoms with E-state index >= 15 is 0 Å². The number of hydrogen-bond donors (Lipinski definition) is 1. The average Bonchev–Trinajstić information content (AvgIpc) is 3.16. The lowest BCUT2D eigenvalue weighted by molar-refractivity contribution is -0.115. The quantitative estimate of drug-likeness (QED) is 0.350. The Kier molecular flexibility index (Phi) is 5.65. The summed E-state index contributed by atoms with van der Waals surface area (Å²) in [5.41, 5.74) is 1.51. The molecule has 1 unspecified atom stereocenters. The third-order valence-corrected chi connectivity index (χ3v) is 5.68. The van der Waals surface area contributed by atoms with E-state index in [-0.39, 0.29) is 16.7 Å². The first-order valence-corrected chi connectivity index (χ1v) is 10.1. The second-order valence-electron chi connectivity index (χ2n) is 6.32. The Balaban J connectivity index is 1.56. The SMILES string of the molecule is CC(Sc1ncnc2c1cnn2-c1ccc(F)cc1)C(=O)Nc1ccc(F)cc1Cl. The molecular formula is C20H14ClF2N5OS. The first-order chi connectivity index (χ1) is 14.4. The maximum absolute atomic E-state index is 13.2. The molecule has 1 amide bonds. The molecular weight excluding hydrogens is 432 g/mol. The van der Waals surface area contributed by atoms with Gasteiger partial charge in [0.15, 0.2) is 5.65 Å². The van der Waals surface area contributed by atoms with Crippen LogP contribution < -0.4 is 5.32 Å². The number of thioether (sulfide) groups is 1. The molecule has 1 N–H and O–H groups in total. The molecule has 0 aliphatic heterocycles. The number of fused-ring (bicyclic) bond motifs is 1. The molecule has 0 radical (unpaired) electrons. The Morgan fingerprint density at radius 3 is 2.60 bits per heavy atom. The van der Waals surface area contributed by atoms with Crippen LogP contribution in [0.25, 0.3) is 16.7 Å². The second kappa shape index (κ2) is 8.37. The number of carbonyl (C=O) groups is 1. The van der Waals surface area contributed by atoms with Gasteiger partial charge < -0.3 is 5.32 Å². The summed E-state index contributed by atoms with van der Waals surface area (Å²) in [5.74, 6) is -1.14. The minimum absolute atomic E-state index is 0.116. The molecule has 2 aromatic heterocycles. The highest BCUT2D eigenvalue weighted by Crippen LogP contribution is 2.30. The molecule has 0 fully saturated rings. The van der Waals surface area contributed by atoms with E-state index in [1.807, 2.05) is 0 Å². The molecule has 4 aromatic rings.